The number of benzene rings is 1. The fourth-order valence-electron chi connectivity index (χ4n) is 2.35. The topological polar surface area (TPSA) is 119 Å². The Balaban J connectivity index is 3.10. The van der Waals surface area contributed by atoms with E-state index >= 15 is 0 Å². The van der Waals surface area contributed by atoms with E-state index < -0.39 is 24.4 Å². The highest BCUT2D eigenvalue weighted by Gasteiger charge is 2.28. The van der Waals surface area contributed by atoms with Crippen LogP contribution in [0.25, 0.3) is 0 Å². The van der Waals surface area contributed by atoms with Gasteiger partial charge in [-0.2, -0.15) is 0 Å². The maximum atomic E-state index is 12.4. The summed E-state index contributed by atoms with van der Waals surface area (Å²) in [7, 11) is 0. The molecular weight excluding hydrogens is 336 g/mol. The van der Waals surface area contributed by atoms with Crippen molar-refractivity contribution in [2.24, 2.45) is 5.73 Å². The van der Waals surface area contributed by atoms with Gasteiger partial charge in [-0.1, -0.05) is 41.5 Å². The molecule has 0 radical (unpaired) electrons. The van der Waals surface area contributed by atoms with E-state index in [4.69, 9.17) is 10.5 Å². The van der Waals surface area contributed by atoms with E-state index in [1.165, 1.54) is 0 Å². The Kier molecular flexibility index (Phi) is 6.41. The van der Waals surface area contributed by atoms with Gasteiger partial charge in [-0.25, -0.2) is 4.79 Å². The third kappa shape index (κ3) is 5.75. The highest BCUT2D eigenvalue weighted by molar-refractivity contribution is 5.92. The van der Waals surface area contributed by atoms with Gasteiger partial charge in [0, 0.05) is 11.1 Å². The van der Waals surface area contributed by atoms with E-state index in [9.17, 15) is 19.5 Å². The number of phenols is 1. The molecule has 7 heteroatoms. The molecular formula is C19H28N2O5. The van der Waals surface area contributed by atoms with Crippen molar-refractivity contribution in [3.8, 4) is 5.75 Å². The molecule has 0 heterocycles. The molecule has 1 aromatic rings. The van der Waals surface area contributed by atoms with E-state index in [0.29, 0.717) is 11.1 Å². The van der Waals surface area contributed by atoms with Crippen molar-refractivity contribution in [2.45, 2.75) is 52.4 Å². The first kappa shape index (κ1) is 21.5. The number of rotatable bonds is 5. The van der Waals surface area contributed by atoms with Gasteiger partial charge in [0.15, 0.2) is 6.61 Å². The third-order valence-corrected chi connectivity index (χ3v) is 3.76. The maximum absolute atomic E-state index is 12.4. The van der Waals surface area contributed by atoms with Gasteiger partial charge in [0.2, 0.25) is 5.91 Å². The smallest absolute Gasteiger partial charge is 0.338 e. The Morgan fingerprint density at radius 3 is 1.88 bits per heavy atom. The monoisotopic (exact) mass is 364 g/mol. The van der Waals surface area contributed by atoms with Crippen molar-refractivity contribution in [3.63, 3.8) is 0 Å². The maximum Gasteiger partial charge on any atom is 0.338 e. The van der Waals surface area contributed by atoms with E-state index in [1.807, 2.05) is 41.5 Å². The molecule has 26 heavy (non-hydrogen) atoms. The number of amides is 2. The summed E-state index contributed by atoms with van der Waals surface area (Å²) in [6.07, 6.45) is 0. The van der Waals surface area contributed by atoms with Gasteiger partial charge in [-0.3, -0.25) is 9.59 Å². The number of aromatic hydroxyl groups is 1. The Morgan fingerprint density at radius 2 is 1.50 bits per heavy atom. The number of esters is 1. The number of carbonyl (C=O) groups is 3. The molecule has 2 amide bonds. The molecule has 144 valence electrons. The second kappa shape index (κ2) is 7.76. The lowest BCUT2D eigenvalue weighted by atomic mass is 9.78. The molecule has 1 aromatic carbocycles. The van der Waals surface area contributed by atoms with Crippen LogP contribution in [0.4, 0.5) is 0 Å². The SMILES string of the molecule is CC(C)(C)c1cc(C(=O)OCC(=O)NCC(N)=O)cc(C(C)(C)C)c1O. The van der Waals surface area contributed by atoms with Crippen molar-refractivity contribution >= 4 is 17.8 Å². The minimum absolute atomic E-state index is 0.153. The summed E-state index contributed by atoms with van der Waals surface area (Å²) in [6, 6.07) is 3.16. The van der Waals surface area contributed by atoms with E-state index in [1.54, 1.807) is 12.1 Å². The first-order valence-electron chi connectivity index (χ1n) is 8.33. The van der Waals surface area contributed by atoms with Crippen molar-refractivity contribution in [2.75, 3.05) is 13.2 Å². The van der Waals surface area contributed by atoms with Gasteiger partial charge >= 0.3 is 5.97 Å². The summed E-state index contributed by atoms with van der Waals surface area (Å²) >= 11 is 0. The largest absolute Gasteiger partial charge is 0.507 e. The normalized spacial score (nSPS) is 11.8. The van der Waals surface area contributed by atoms with E-state index in [2.05, 4.69) is 5.32 Å². The lowest BCUT2D eigenvalue weighted by Gasteiger charge is -2.27. The van der Waals surface area contributed by atoms with Crippen LogP contribution in [0, 0.1) is 0 Å². The molecule has 0 aliphatic heterocycles. The molecule has 0 fully saturated rings. The summed E-state index contributed by atoms with van der Waals surface area (Å²) in [4.78, 5) is 34.6. The molecule has 0 saturated carbocycles. The van der Waals surface area contributed by atoms with Crippen LogP contribution >= 0.6 is 0 Å². The number of carbonyl (C=O) groups excluding carboxylic acids is 3. The average Bonchev–Trinajstić information content (AvgIpc) is 2.48. The predicted molar refractivity (Wildman–Crippen MR) is 98.0 cm³/mol. The van der Waals surface area contributed by atoms with Gasteiger partial charge in [0.05, 0.1) is 12.1 Å². The molecule has 0 saturated heterocycles. The van der Waals surface area contributed by atoms with Crippen molar-refractivity contribution in [3.05, 3.63) is 28.8 Å². The Labute approximate surface area is 153 Å². The van der Waals surface area contributed by atoms with Gasteiger partial charge < -0.3 is 20.9 Å². The van der Waals surface area contributed by atoms with Crippen molar-refractivity contribution < 1.29 is 24.2 Å². The fourth-order valence-corrected chi connectivity index (χ4v) is 2.35. The zero-order chi connectivity index (χ0) is 20.3. The first-order valence-corrected chi connectivity index (χ1v) is 8.33. The summed E-state index contributed by atoms with van der Waals surface area (Å²) in [5, 5.41) is 12.9. The highest BCUT2D eigenvalue weighted by atomic mass is 16.5. The molecule has 7 nitrogen and oxygen atoms in total. The first-order chi connectivity index (χ1) is 11.7. The number of hydrogen-bond donors (Lipinski definition) is 3. The summed E-state index contributed by atoms with van der Waals surface area (Å²) in [5.41, 5.74) is 5.64. The molecule has 0 atom stereocenters. The second-order valence-corrected chi connectivity index (χ2v) is 8.24. The predicted octanol–water partition coefficient (Wildman–Crippen LogP) is 1.75. The van der Waals surface area contributed by atoms with Crippen LogP contribution in [-0.4, -0.2) is 36.0 Å². The molecule has 0 spiro atoms. The number of hydrogen-bond acceptors (Lipinski definition) is 5. The van der Waals surface area contributed by atoms with Crippen LogP contribution in [0.15, 0.2) is 12.1 Å². The number of nitrogens with two attached hydrogens (primary N) is 1. The summed E-state index contributed by atoms with van der Waals surface area (Å²) in [5.74, 6) is -1.84. The van der Waals surface area contributed by atoms with Crippen LogP contribution in [0.1, 0.15) is 63.0 Å². The molecule has 4 N–H and O–H groups in total. The van der Waals surface area contributed by atoms with Gasteiger partial charge in [0.25, 0.3) is 5.91 Å². The zero-order valence-electron chi connectivity index (χ0n) is 16.2. The van der Waals surface area contributed by atoms with Crippen LogP contribution in [-0.2, 0) is 25.2 Å². The Morgan fingerprint density at radius 1 is 1.04 bits per heavy atom. The van der Waals surface area contributed by atoms with E-state index in [-0.39, 0.29) is 28.7 Å². The molecule has 0 aliphatic carbocycles. The molecule has 0 aromatic heterocycles. The van der Waals surface area contributed by atoms with Gasteiger partial charge in [0.1, 0.15) is 5.75 Å². The average molecular weight is 364 g/mol. The van der Waals surface area contributed by atoms with Gasteiger partial charge in [-0.05, 0) is 23.0 Å². The minimum Gasteiger partial charge on any atom is -0.507 e. The number of phenolic OH excluding ortho intramolecular Hbond substituents is 1. The third-order valence-electron chi connectivity index (χ3n) is 3.76. The summed E-state index contributed by atoms with van der Waals surface area (Å²) < 4.78 is 5.01. The lowest BCUT2D eigenvalue weighted by molar-refractivity contribution is -0.127. The van der Waals surface area contributed by atoms with Crippen molar-refractivity contribution in [1.29, 1.82) is 0 Å². The Hall–Kier alpha value is -2.57. The Bertz CT molecular complexity index is 677. The molecule has 0 unspecified atom stereocenters. The van der Waals surface area contributed by atoms with Crippen molar-refractivity contribution in [1.82, 2.24) is 5.32 Å². The number of nitrogens with one attached hydrogen (secondary N) is 1. The number of primary amides is 1. The van der Waals surface area contributed by atoms with E-state index in [0.717, 1.165) is 0 Å². The van der Waals surface area contributed by atoms with Crippen LogP contribution < -0.4 is 11.1 Å². The quantitative estimate of drug-likeness (QED) is 0.688. The second-order valence-electron chi connectivity index (χ2n) is 8.24. The number of ether oxygens (including phenoxy) is 1. The van der Waals surface area contributed by atoms with Crippen LogP contribution in [0.2, 0.25) is 0 Å². The van der Waals surface area contributed by atoms with Crippen LogP contribution in [0.3, 0.4) is 0 Å². The lowest BCUT2D eigenvalue weighted by Crippen LogP contribution is -2.36. The molecule has 0 aliphatic rings. The van der Waals surface area contributed by atoms with Crippen LogP contribution in [0.5, 0.6) is 5.75 Å². The standard InChI is InChI=1S/C19H28N2O5/c1-18(2,3)12-7-11(8-13(16(12)24)19(4,5)6)17(25)26-10-15(23)21-9-14(20)22/h7-8,24H,9-10H2,1-6H3,(H2,20,22)(H,21,23). The zero-order valence-corrected chi connectivity index (χ0v) is 16.2. The molecule has 1 rings (SSSR count). The molecule has 0 bridgehead atoms. The minimum atomic E-state index is -0.687. The fraction of sp³-hybridized carbons (Fsp3) is 0.526. The van der Waals surface area contributed by atoms with Gasteiger partial charge in [-0.15, -0.1) is 0 Å². The highest BCUT2D eigenvalue weighted by Crippen LogP contribution is 2.39. The summed E-state index contributed by atoms with van der Waals surface area (Å²) in [6.45, 7) is 10.7.